The minimum absolute atomic E-state index is 0.195. The maximum atomic E-state index is 12.9. The van der Waals surface area contributed by atoms with E-state index in [1.165, 1.54) is 24.3 Å². The van der Waals surface area contributed by atoms with Gasteiger partial charge in [-0.15, -0.1) is 0 Å². The van der Waals surface area contributed by atoms with Crippen LogP contribution in [0.5, 0.6) is 0 Å². The van der Waals surface area contributed by atoms with E-state index in [1.807, 2.05) is 12.1 Å². The number of carbonyl (C=O) groups is 1. The summed E-state index contributed by atoms with van der Waals surface area (Å²) < 4.78 is 71.8. The Morgan fingerprint density at radius 1 is 0.758 bits per heavy atom. The minimum Gasteiger partial charge on any atom is -0.453 e. The number of hydrogen-bond donors (Lipinski definition) is 0. The lowest BCUT2D eigenvalue weighted by Crippen LogP contribution is -2.27. The summed E-state index contributed by atoms with van der Waals surface area (Å²) in [6.45, 7) is 0. The molecule has 0 bridgehead atoms. The van der Waals surface area contributed by atoms with Crippen LogP contribution in [-0.2, 0) is 23.8 Å². The first-order valence-corrected chi connectivity index (χ1v) is 11.4. The zero-order valence-corrected chi connectivity index (χ0v) is 18.1. The molecule has 0 aliphatic carbocycles. The molecule has 3 aromatic carbocycles. The zero-order valence-electron chi connectivity index (χ0n) is 17.3. The van der Waals surface area contributed by atoms with E-state index in [1.54, 1.807) is 54.6 Å². The zero-order chi connectivity index (χ0) is 23.9. The van der Waals surface area contributed by atoms with Crippen molar-refractivity contribution in [1.82, 2.24) is 0 Å². The van der Waals surface area contributed by atoms with Crippen molar-refractivity contribution in [3.05, 3.63) is 108 Å². The van der Waals surface area contributed by atoms with Crippen LogP contribution in [0.4, 0.5) is 13.2 Å². The number of hydrogen-bond acceptors (Lipinski definition) is 5. The van der Waals surface area contributed by atoms with Crippen molar-refractivity contribution in [2.75, 3.05) is 0 Å². The van der Waals surface area contributed by atoms with E-state index in [0.29, 0.717) is 11.1 Å². The Hall–Kier alpha value is -3.17. The molecule has 0 spiro atoms. The van der Waals surface area contributed by atoms with Crippen LogP contribution >= 0.6 is 0 Å². The van der Waals surface area contributed by atoms with Gasteiger partial charge in [-0.3, -0.25) is 8.98 Å². The van der Waals surface area contributed by atoms with Gasteiger partial charge in [-0.1, -0.05) is 91.0 Å². The van der Waals surface area contributed by atoms with E-state index >= 15 is 0 Å². The highest BCUT2D eigenvalue weighted by atomic mass is 32.2. The highest BCUT2D eigenvalue weighted by Gasteiger charge is 2.48. The summed E-state index contributed by atoms with van der Waals surface area (Å²) in [5.74, 6) is -0.707. The van der Waals surface area contributed by atoms with E-state index in [4.69, 9.17) is 4.74 Å². The van der Waals surface area contributed by atoms with Crippen LogP contribution in [0.2, 0.25) is 0 Å². The van der Waals surface area contributed by atoms with Gasteiger partial charge in [0.25, 0.3) is 0 Å². The number of halogens is 3. The third-order valence-electron chi connectivity index (χ3n) is 4.76. The number of benzene rings is 3. The predicted molar refractivity (Wildman–Crippen MR) is 115 cm³/mol. The van der Waals surface area contributed by atoms with Crippen LogP contribution in [0.1, 0.15) is 41.7 Å². The fourth-order valence-corrected chi connectivity index (χ4v) is 3.79. The molecule has 1 unspecified atom stereocenters. The van der Waals surface area contributed by atoms with Gasteiger partial charge >= 0.3 is 21.6 Å². The molecule has 0 aliphatic rings. The molecule has 33 heavy (non-hydrogen) atoms. The van der Waals surface area contributed by atoms with Crippen LogP contribution in [0.3, 0.4) is 0 Å². The van der Waals surface area contributed by atoms with Crippen LogP contribution in [0.15, 0.2) is 91.0 Å². The van der Waals surface area contributed by atoms with Gasteiger partial charge in [-0.2, -0.15) is 21.6 Å². The van der Waals surface area contributed by atoms with Crippen LogP contribution in [0.25, 0.3) is 0 Å². The Morgan fingerprint density at radius 2 is 1.18 bits per heavy atom. The molecule has 0 saturated carbocycles. The van der Waals surface area contributed by atoms with E-state index < -0.39 is 33.8 Å². The maximum absolute atomic E-state index is 12.9. The number of rotatable bonds is 9. The molecule has 0 aliphatic heterocycles. The Morgan fingerprint density at radius 3 is 1.61 bits per heavy atom. The maximum Gasteiger partial charge on any atom is 0.523 e. The molecule has 174 valence electrons. The van der Waals surface area contributed by atoms with Crippen molar-refractivity contribution in [3.63, 3.8) is 0 Å². The molecule has 3 rings (SSSR count). The quantitative estimate of drug-likeness (QED) is 0.224. The number of carbonyl (C=O) groups excluding carboxylic acids is 1. The number of alkyl halides is 3. The molecular weight excluding hydrogens is 457 g/mol. The van der Waals surface area contributed by atoms with Crippen LogP contribution in [-0.4, -0.2) is 19.9 Å². The summed E-state index contributed by atoms with van der Waals surface area (Å²) >= 11 is 0. The Labute approximate surface area is 189 Å². The Kier molecular flexibility index (Phi) is 7.88. The Bertz CT molecular complexity index is 1100. The average molecular weight is 478 g/mol. The largest absolute Gasteiger partial charge is 0.523 e. The minimum atomic E-state index is -5.85. The molecule has 0 radical (unpaired) electrons. The topological polar surface area (TPSA) is 69.7 Å². The van der Waals surface area contributed by atoms with Gasteiger partial charge in [0.2, 0.25) is 0 Å². The molecule has 0 saturated heterocycles. The lowest BCUT2D eigenvalue weighted by molar-refractivity contribution is -0.148. The summed E-state index contributed by atoms with van der Waals surface area (Å²) in [7, 11) is -5.85. The summed E-state index contributed by atoms with van der Waals surface area (Å²) in [5, 5.41) is 0. The first-order valence-electron chi connectivity index (χ1n) is 10.0. The lowest BCUT2D eigenvalue weighted by atomic mass is 10.0. The SMILES string of the molecule is O=C(CCC(OS(=O)(=O)C(F)(F)F)c1ccccc1)OC(c1ccccc1)c1ccccc1. The van der Waals surface area contributed by atoms with E-state index in [9.17, 15) is 26.4 Å². The normalized spacial score (nSPS) is 13.0. The smallest absolute Gasteiger partial charge is 0.453 e. The second-order valence-electron chi connectivity index (χ2n) is 7.13. The van der Waals surface area contributed by atoms with Crippen LogP contribution in [0, 0.1) is 0 Å². The summed E-state index contributed by atoms with van der Waals surface area (Å²) in [6, 6.07) is 25.5. The third kappa shape index (κ3) is 6.66. The molecule has 0 aromatic heterocycles. The first-order chi connectivity index (χ1) is 15.7. The van der Waals surface area contributed by atoms with Gasteiger partial charge in [-0.05, 0) is 23.1 Å². The van der Waals surface area contributed by atoms with Crippen molar-refractivity contribution in [2.24, 2.45) is 0 Å². The number of ether oxygens (including phenoxy) is 1. The van der Waals surface area contributed by atoms with Crippen LogP contribution < -0.4 is 0 Å². The molecule has 0 amide bonds. The summed E-state index contributed by atoms with van der Waals surface area (Å²) in [4.78, 5) is 12.6. The van der Waals surface area contributed by atoms with E-state index in [-0.39, 0.29) is 18.4 Å². The lowest BCUT2D eigenvalue weighted by Gasteiger charge is -2.21. The van der Waals surface area contributed by atoms with Crippen molar-refractivity contribution < 1.29 is 35.3 Å². The van der Waals surface area contributed by atoms with Crippen molar-refractivity contribution in [2.45, 2.75) is 30.6 Å². The van der Waals surface area contributed by atoms with Gasteiger partial charge in [-0.25, -0.2) is 0 Å². The van der Waals surface area contributed by atoms with Gasteiger partial charge in [0.15, 0.2) is 6.10 Å². The van der Waals surface area contributed by atoms with Crippen molar-refractivity contribution in [3.8, 4) is 0 Å². The van der Waals surface area contributed by atoms with E-state index in [0.717, 1.165) is 0 Å². The monoisotopic (exact) mass is 478 g/mol. The fourth-order valence-electron chi connectivity index (χ4n) is 3.17. The molecule has 1 atom stereocenters. The Balaban J connectivity index is 1.76. The number of esters is 1. The summed E-state index contributed by atoms with van der Waals surface area (Å²) in [5.41, 5.74) is -3.95. The molecule has 9 heteroatoms. The van der Waals surface area contributed by atoms with Gasteiger partial charge in [0, 0.05) is 6.42 Å². The average Bonchev–Trinajstić information content (AvgIpc) is 2.81. The summed E-state index contributed by atoms with van der Waals surface area (Å²) in [6.07, 6.45) is -2.91. The van der Waals surface area contributed by atoms with Gasteiger partial charge < -0.3 is 4.74 Å². The highest BCUT2D eigenvalue weighted by molar-refractivity contribution is 7.87. The molecule has 0 fully saturated rings. The first kappa shape index (κ1) is 24.5. The molecular formula is C24H21F3O5S. The molecule has 3 aromatic rings. The van der Waals surface area contributed by atoms with Gasteiger partial charge in [0.05, 0.1) is 0 Å². The molecule has 0 heterocycles. The predicted octanol–water partition coefficient (Wildman–Crippen LogP) is 5.71. The van der Waals surface area contributed by atoms with E-state index in [2.05, 4.69) is 4.18 Å². The van der Waals surface area contributed by atoms with Crippen molar-refractivity contribution >= 4 is 16.1 Å². The third-order valence-corrected chi connectivity index (χ3v) is 5.81. The second-order valence-corrected chi connectivity index (χ2v) is 8.69. The van der Waals surface area contributed by atoms with Gasteiger partial charge in [0.1, 0.15) is 6.10 Å². The molecule has 0 N–H and O–H groups in total. The van der Waals surface area contributed by atoms with Crippen molar-refractivity contribution in [1.29, 1.82) is 0 Å². The second kappa shape index (κ2) is 10.6. The molecule has 5 nitrogen and oxygen atoms in total. The fraction of sp³-hybridized carbons (Fsp3) is 0.208. The standard InChI is InChI=1S/C24H21F3O5S/c25-24(26,27)33(29,30)32-21(18-10-4-1-5-11-18)16-17-22(28)31-23(19-12-6-2-7-13-19)20-14-8-3-9-15-20/h1-15,21,23H,16-17H2. The highest BCUT2D eigenvalue weighted by Crippen LogP contribution is 2.33.